The zero-order chi connectivity index (χ0) is 21.4. The van der Waals surface area contributed by atoms with E-state index in [2.05, 4.69) is 0 Å². The molecule has 2 atom stereocenters. The number of rotatable bonds is 6. The first-order valence-electron chi connectivity index (χ1n) is 9.71. The van der Waals surface area contributed by atoms with Crippen LogP contribution in [0.4, 0.5) is 0 Å². The highest BCUT2D eigenvalue weighted by Gasteiger charge is 2.28. The van der Waals surface area contributed by atoms with Gasteiger partial charge in [0.2, 0.25) is 0 Å². The van der Waals surface area contributed by atoms with Crippen LogP contribution in [0.15, 0.2) is 42.5 Å². The number of hydrogen-bond acceptors (Lipinski definition) is 5. The third kappa shape index (κ3) is 6.82. The van der Waals surface area contributed by atoms with E-state index in [4.69, 9.17) is 26.2 Å². The molecule has 0 aliphatic carbocycles. The molecule has 5 nitrogen and oxygen atoms in total. The van der Waals surface area contributed by atoms with E-state index in [1.807, 2.05) is 56.3 Å². The Balaban J connectivity index is 0.00000145. The van der Waals surface area contributed by atoms with Gasteiger partial charge in [-0.3, -0.25) is 4.79 Å². The number of carbonyl (C=O) groups is 1. The molecule has 1 fully saturated rings. The average molecular weight is 421 g/mol. The minimum absolute atomic E-state index is 0.113. The lowest BCUT2D eigenvalue weighted by atomic mass is 9.95. The molecule has 1 aliphatic rings. The Bertz CT molecular complexity index is 788. The molecule has 0 aromatic heterocycles. The molecule has 3 rings (SSSR count). The topological polar surface area (TPSA) is 76.0 Å². The van der Waals surface area contributed by atoms with Crippen molar-refractivity contribution in [1.82, 2.24) is 0 Å². The number of hydrogen-bond donors (Lipinski definition) is 2. The van der Waals surface area contributed by atoms with Gasteiger partial charge in [0.15, 0.2) is 0 Å². The van der Waals surface area contributed by atoms with Crippen molar-refractivity contribution in [1.29, 1.82) is 0 Å². The molecule has 2 aromatic carbocycles. The maximum Gasteiger partial charge on any atom is 0.138 e. The van der Waals surface area contributed by atoms with Gasteiger partial charge in [0.25, 0.3) is 0 Å². The maximum absolute atomic E-state index is 11.9. The average Bonchev–Trinajstić information content (AvgIpc) is 2.71. The minimum Gasteiger partial charge on any atom is -0.491 e. The van der Waals surface area contributed by atoms with Gasteiger partial charge in [0.05, 0.1) is 24.9 Å². The lowest BCUT2D eigenvalue weighted by Gasteiger charge is -2.28. The Morgan fingerprint density at radius 1 is 1.14 bits per heavy atom. The smallest absolute Gasteiger partial charge is 0.138 e. The van der Waals surface area contributed by atoms with Crippen LogP contribution >= 0.6 is 11.6 Å². The first-order chi connectivity index (χ1) is 13.9. The van der Waals surface area contributed by atoms with E-state index in [0.29, 0.717) is 17.9 Å². The van der Waals surface area contributed by atoms with Crippen molar-refractivity contribution in [3.05, 3.63) is 64.2 Å². The number of ether oxygens (including phenoxy) is 2. The van der Waals surface area contributed by atoms with Gasteiger partial charge in [-0.25, -0.2) is 0 Å². The Morgan fingerprint density at radius 3 is 2.45 bits per heavy atom. The largest absolute Gasteiger partial charge is 0.491 e. The number of Topliss-reactive ketones (excluding diaryl/α,β-unsaturated/α-hetero) is 1. The molecule has 0 bridgehead atoms. The second-order valence-electron chi connectivity index (χ2n) is 7.21. The Labute approximate surface area is 177 Å². The first-order valence-corrected chi connectivity index (χ1v) is 10.1. The van der Waals surface area contributed by atoms with E-state index in [9.17, 15) is 9.90 Å². The number of benzene rings is 2. The Morgan fingerprint density at radius 2 is 1.83 bits per heavy atom. The quantitative estimate of drug-likeness (QED) is 0.735. The molecular formula is C23H29ClO5. The van der Waals surface area contributed by atoms with E-state index in [-0.39, 0.29) is 31.0 Å². The van der Waals surface area contributed by atoms with Crippen molar-refractivity contribution in [3.63, 3.8) is 0 Å². The molecule has 2 unspecified atom stereocenters. The number of aliphatic hydroxyl groups is 2. The van der Waals surface area contributed by atoms with Crippen LogP contribution < -0.4 is 4.74 Å². The van der Waals surface area contributed by atoms with Crippen LogP contribution in [0.1, 0.15) is 49.5 Å². The monoisotopic (exact) mass is 420 g/mol. The highest BCUT2D eigenvalue weighted by atomic mass is 35.5. The zero-order valence-corrected chi connectivity index (χ0v) is 17.9. The highest BCUT2D eigenvalue weighted by Crippen LogP contribution is 2.32. The fraction of sp³-hybridized carbons (Fsp3) is 0.435. The summed E-state index contributed by atoms with van der Waals surface area (Å²) in [5, 5.41) is 17.0. The van der Waals surface area contributed by atoms with Crippen molar-refractivity contribution in [2.75, 3.05) is 13.7 Å². The summed E-state index contributed by atoms with van der Waals surface area (Å²) in [6, 6.07) is 13.7. The van der Waals surface area contributed by atoms with E-state index >= 15 is 0 Å². The SMILES string of the molecule is CC(C)Oc1ccc(Cc2cc(C3CC(=O)CC(CO)O3)ccc2Cl)cc1.CO. The van der Waals surface area contributed by atoms with Gasteiger partial charge < -0.3 is 19.7 Å². The second kappa shape index (κ2) is 11.3. The van der Waals surface area contributed by atoms with Crippen LogP contribution in [0.3, 0.4) is 0 Å². The molecule has 2 aromatic rings. The van der Waals surface area contributed by atoms with Crippen LogP contribution in [0.5, 0.6) is 5.75 Å². The fourth-order valence-electron chi connectivity index (χ4n) is 3.28. The van der Waals surface area contributed by atoms with Crippen LogP contribution in [-0.4, -0.2) is 41.9 Å². The second-order valence-corrected chi connectivity index (χ2v) is 7.62. The van der Waals surface area contributed by atoms with E-state index in [1.54, 1.807) is 0 Å². The molecule has 1 heterocycles. The normalized spacial score (nSPS) is 18.9. The maximum atomic E-state index is 11.9. The minimum atomic E-state index is -0.427. The van der Waals surface area contributed by atoms with E-state index in [0.717, 1.165) is 29.5 Å². The van der Waals surface area contributed by atoms with Gasteiger partial charge in [0.1, 0.15) is 11.5 Å². The van der Waals surface area contributed by atoms with Crippen molar-refractivity contribution >= 4 is 17.4 Å². The van der Waals surface area contributed by atoms with Crippen molar-refractivity contribution < 1.29 is 24.5 Å². The van der Waals surface area contributed by atoms with Gasteiger partial charge in [-0.05, 0) is 55.2 Å². The predicted molar refractivity (Wildman–Crippen MR) is 114 cm³/mol. The van der Waals surface area contributed by atoms with Gasteiger partial charge >= 0.3 is 0 Å². The standard InChI is InChI=1S/C22H25ClO4.CH4O/c1-14(2)26-19-6-3-15(4-7-19)9-17-10-16(5-8-21(17)23)22-12-18(25)11-20(13-24)27-22;1-2/h3-8,10,14,20,22,24H,9,11-13H2,1-2H3;2H,1H3. The number of carbonyl (C=O) groups excluding carboxylic acids is 1. The molecule has 0 spiro atoms. The lowest BCUT2D eigenvalue weighted by Crippen LogP contribution is -2.30. The predicted octanol–water partition coefficient (Wildman–Crippen LogP) is 4.11. The number of aliphatic hydroxyl groups excluding tert-OH is 2. The third-order valence-electron chi connectivity index (χ3n) is 4.56. The zero-order valence-electron chi connectivity index (χ0n) is 17.1. The van der Waals surface area contributed by atoms with Crippen molar-refractivity contribution in [2.45, 2.75) is 51.4 Å². The molecular weight excluding hydrogens is 392 g/mol. The Hall–Kier alpha value is -1.92. The molecule has 158 valence electrons. The fourth-order valence-corrected chi connectivity index (χ4v) is 3.47. The first kappa shape index (κ1) is 23.4. The van der Waals surface area contributed by atoms with Crippen LogP contribution in [0.2, 0.25) is 5.02 Å². The molecule has 6 heteroatoms. The van der Waals surface area contributed by atoms with Crippen LogP contribution in [0.25, 0.3) is 0 Å². The van der Waals surface area contributed by atoms with Gasteiger partial charge in [-0.15, -0.1) is 0 Å². The van der Waals surface area contributed by atoms with Gasteiger partial charge in [-0.1, -0.05) is 35.9 Å². The summed E-state index contributed by atoms with van der Waals surface area (Å²) in [4.78, 5) is 11.9. The molecule has 2 N–H and O–H groups in total. The summed E-state index contributed by atoms with van der Waals surface area (Å²) in [6.45, 7) is 3.85. The lowest BCUT2D eigenvalue weighted by molar-refractivity contribution is -0.139. The molecule has 1 aliphatic heterocycles. The summed E-state index contributed by atoms with van der Waals surface area (Å²) in [7, 11) is 1.00. The van der Waals surface area contributed by atoms with E-state index in [1.165, 1.54) is 0 Å². The summed E-state index contributed by atoms with van der Waals surface area (Å²) >= 11 is 6.40. The molecule has 0 saturated carbocycles. The van der Waals surface area contributed by atoms with Crippen LogP contribution in [-0.2, 0) is 16.0 Å². The molecule has 29 heavy (non-hydrogen) atoms. The highest BCUT2D eigenvalue weighted by molar-refractivity contribution is 6.31. The summed E-state index contributed by atoms with van der Waals surface area (Å²) in [6.07, 6.45) is 0.670. The van der Waals surface area contributed by atoms with Crippen LogP contribution in [0, 0.1) is 0 Å². The Kier molecular flexibility index (Phi) is 9.11. The third-order valence-corrected chi connectivity index (χ3v) is 4.93. The molecule has 0 amide bonds. The summed E-state index contributed by atoms with van der Waals surface area (Å²) < 4.78 is 11.5. The van der Waals surface area contributed by atoms with Gasteiger partial charge in [0, 0.05) is 25.0 Å². The number of halogens is 1. The molecule has 1 saturated heterocycles. The van der Waals surface area contributed by atoms with Crippen molar-refractivity contribution in [2.24, 2.45) is 0 Å². The summed E-state index contributed by atoms with van der Waals surface area (Å²) in [5.74, 6) is 0.959. The van der Waals surface area contributed by atoms with Gasteiger partial charge in [-0.2, -0.15) is 0 Å². The van der Waals surface area contributed by atoms with E-state index < -0.39 is 6.10 Å². The van der Waals surface area contributed by atoms with Crippen molar-refractivity contribution in [3.8, 4) is 5.75 Å². The molecule has 0 radical (unpaired) electrons. The number of ketones is 1. The summed E-state index contributed by atoms with van der Waals surface area (Å²) in [5.41, 5.74) is 3.02.